The van der Waals surface area contributed by atoms with E-state index in [1.54, 1.807) is 24.3 Å². The second-order valence-corrected chi connectivity index (χ2v) is 8.14. The van der Waals surface area contributed by atoms with E-state index in [-0.39, 0.29) is 23.8 Å². The van der Waals surface area contributed by atoms with E-state index in [0.717, 1.165) is 5.56 Å². The van der Waals surface area contributed by atoms with Crippen molar-refractivity contribution in [1.82, 2.24) is 5.32 Å². The average molecular weight is 412 g/mol. The number of benzene rings is 2. The normalized spacial score (nSPS) is 11.0. The molecule has 0 radical (unpaired) electrons. The van der Waals surface area contributed by atoms with E-state index in [4.69, 9.17) is 4.74 Å². The zero-order chi connectivity index (χ0) is 17.4. The van der Waals surface area contributed by atoms with Crippen LogP contribution in [0.2, 0.25) is 0 Å². The molecule has 1 N–H and O–H groups in total. The van der Waals surface area contributed by atoms with Crippen molar-refractivity contribution in [2.45, 2.75) is 17.9 Å². The minimum absolute atomic E-state index is 0.0393. The standard InChI is InChI=1S/C17H18BrNO4S/c18-15-8-4-9-16(12-15)24(21,22)11-5-10-19-17(20)23-13-14-6-2-1-3-7-14/h1-4,6-9,12H,5,10-11,13H2,(H,19,20). The van der Waals surface area contributed by atoms with Gasteiger partial charge in [0, 0.05) is 11.0 Å². The van der Waals surface area contributed by atoms with E-state index in [0.29, 0.717) is 10.9 Å². The van der Waals surface area contributed by atoms with Crippen LogP contribution in [-0.2, 0) is 21.2 Å². The molecule has 0 aliphatic carbocycles. The molecular formula is C17H18BrNO4S. The molecule has 0 aromatic heterocycles. The van der Waals surface area contributed by atoms with Crippen LogP contribution in [0.3, 0.4) is 0 Å². The number of halogens is 1. The topological polar surface area (TPSA) is 72.5 Å². The van der Waals surface area contributed by atoms with E-state index in [2.05, 4.69) is 21.2 Å². The lowest BCUT2D eigenvalue weighted by Gasteiger charge is -2.08. The Hall–Kier alpha value is -1.86. The van der Waals surface area contributed by atoms with Gasteiger partial charge >= 0.3 is 6.09 Å². The summed E-state index contributed by atoms with van der Waals surface area (Å²) in [4.78, 5) is 11.8. The van der Waals surface area contributed by atoms with Crippen LogP contribution in [0.25, 0.3) is 0 Å². The number of nitrogens with one attached hydrogen (secondary N) is 1. The summed E-state index contributed by atoms with van der Waals surface area (Å²) in [7, 11) is -3.36. The number of amides is 1. The Balaban J connectivity index is 1.71. The van der Waals surface area contributed by atoms with E-state index >= 15 is 0 Å². The number of alkyl carbamates (subject to hydrolysis) is 1. The molecule has 2 aromatic carbocycles. The zero-order valence-electron chi connectivity index (χ0n) is 12.9. The minimum Gasteiger partial charge on any atom is -0.445 e. The fraction of sp³-hybridized carbons (Fsp3) is 0.235. The van der Waals surface area contributed by atoms with Gasteiger partial charge in [0.05, 0.1) is 10.6 Å². The third-order valence-corrected chi connectivity index (χ3v) is 5.52. The number of hydrogen-bond acceptors (Lipinski definition) is 4. The first-order valence-corrected chi connectivity index (χ1v) is 9.85. The molecule has 0 atom stereocenters. The lowest BCUT2D eigenvalue weighted by atomic mass is 10.2. The van der Waals surface area contributed by atoms with Gasteiger partial charge in [-0.15, -0.1) is 0 Å². The fourth-order valence-corrected chi connectivity index (χ4v) is 3.91. The highest BCUT2D eigenvalue weighted by Gasteiger charge is 2.14. The third-order valence-electron chi connectivity index (χ3n) is 3.23. The molecule has 0 aliphatic rings. The Kier molecular flexibility index (Phi) is 6.81. The van der Waals surface area contributed by atoms with Crippen LogP contribution in [0.5, 0.6) is 0 Å². The number of rotatable bonds is 7. The van der Waals surface area contributed by atoms with Crippen LogP contribution in [0.4, 0.5) is 4.79 Å². The van der Waals surface area contributed by atoms with E-state index in [1.807, 2.05) is 30.3 Å². The van der Waals surface area contributed by atoms with Gasteiger partial charge < -0.3 is 10.1 Å². The molecule has 5 nitrogen and oxygen atoms in total. The van der Waals surface area contributed by atoms with Crippen molar-refractivity contribution in [2.75, 3.05) is 12.3 Å². The Morgan fingerprint density at radius 1 is 1.08 bits per heavy atom. The summed E-state index contributed by atoms with van der Waals surface area (Å²) in [6.07, 6.45) is -0.242. The quantitative estimate of drug-likeness (QED) is 0.707. The second-order valence-electron chi connectivity index (χ2n) is 5.12. The average Bonchev–Trinajstić information content (AvgIpc) is 2.58. The number of sulfone groups is 1. The lowest BCUT2D eigenvalue weighted by molar-refractivity contribution is 0.139. The predicted octanol–water partition coefficient (Wildman–Crippen LogP) is 3.54. The fourth-order valence-electron chi connectivity index (χ4n) is 2.01. The van der Waals surface area contributed by atoms with Crippen molar-refractivity contribution < 1.29 is 17.9 Å². The molecule has 0 heterocycles. The van der Waals surface area contributed by atoms with Gasteiger partial charge in [-0.05, 0) is 30.2 Å². The van der Waals surface area contributed by atoms with Gasteiger partial charge in [0.1, 0.15) is 6.61 Å². The maximum atomic E-state index is 12.2. The predicted molar refractivity (Wildman–Crippen MR) is 95.4 cm³/mol. The molecule has 0 fully saturated rings. The van der Waals surface area contributed by atoms with Gasteiger partial charge in [-0.1, -0.05) is 52.3 Å². The van der Waals surface area contributed by atoms with Gasteiger partial charge in [0.25, 0.3) is 0 Å². The van der Waals surface area contributed by atoms with Gasteiger partial charge in [0.15, 0.2) is 9.84 Å². The Morgan fingerprint density at radius 3 is 2.54 bits per heavy atom. The molecule has 0 aliphatic heterocycles. The van der Waals surface area contributed by atoms with Crippen LogP contribution < -0.4 is 5.32 Å². The van der Waals surface area contributed by atoms with E-state index < -0.39 is 15.9 Å². The highest BCUT2D eigenvalue weighted by molar-refractivity contribution is 9.10. The molecule has 2 aromatic rings. The van der Waals surface area contributed by atoms with Crippen LogP contribution in [0, 0.1) is 0 Å². The van der Waals surface area contributed by atoms with E-state index in [1.165, 1.54) is 0 Å². The first-order chi connectivity index (χ1) is 11.5. The van der Waals surface area contributed by atoms with Crippen molar-refractivity contribution in [3.63, 3.8) is 0 Å². The molecule has 0 unspecified atom stereocenters. The van der Waals surface area contributed by atoms with E-state index in [9.17, 15) is 13.2 Å². The maximum Gasteiger partial charge on any atom is 0.407 e. The third kappa shape index (κ3) is 5.98. The molecular weight excluding hydrogens is 394 g/mol. The monoisotopic (exact) mass is 411 g/mol. The summed E-state index contributed by atoms with van der Waals surface area (Å²) in [5, 5.41) is 2.55. The van der Waals surface area contributed by atoms with Crippen LogP contribution >= 0.6 is 15.9 Å². The molecule has 0 saturated carbocycles. The summed E-state index contributed by atoms with van der Waals surface area (Å²) < 4.78 is 30.1. The van der Waals surface area contributed by atoms with Crippen LogP contribution in [0.1, 0.15) is 12.0 Å². The van der Waals surface area contributed by atoms with Crippen molar-refractivity contribution >= 4 is 31.9 Å². The molecule has 0 saturated heterocycles. The summed E-state index contributed by atoms with van der Waals surface area (Å²) >= 11 is 3.25. The number of hydrogen-bond donors (Lipinski definition) is 1. The molecule has 1 amide bonds. The SMILES string of the molecule is O=C(NCCCS(=O)(=O)c1cccc(Br)c1)OCc1ccccc1. The zero-order valence-corrected chi connectivity index (χ0v) is 15.3. The molecule has 7 heteroatoms. The Bertz CT molecular complexity index is 778. The number of carbonyl (C=O) groups excluding carboxylic acids is 1. The van der Waals surface area contributed by atoms with Gasteiger partial charge in [0.2, 0.25) is 0 Å². The van der Waals surface area contributed by atoms with Gasteiger partial charge in [-0.25, -0.2) is 13.2 Å². The summed E-state index contributed by atoms with van der Waals surface area (Å²) in [5.41, 5.74) is 0.893. The Morgan fingerprint density at radius 2 is 1.83 bits per heavy atom. The molecule has 128 valence electrons. The minimum atomic E-state index is -3.36. The van der Waals surface area contributed by atoms with Crippen molar-refractivity contribution in [3.05, 3.63) is 64.6 Å². The molecule has 0 bridgehead atoms. The molecule has 0 spiro atoms. The highest BCUT2D eigenvalue weighted by atomic mass is 79.9. The summed E-state index contributed by atoms with van der Waals surface area (Å²) in [6, 6.07) is 15.9. The van der Waals surface area contributed by atoms with Crippen LogP contribution in [-0.4, -0.2) is 26.8 Å². The van der Waals surface area contributed by atoms with Crippen molar-refractivity contribution in [2.24, 2.45) is 0 Å². The molecule has 24 heavy (non-hydrogen) atoms. The van der Waals surface area contributed by atoms with Crippen LogP contribution in [0.15, 0.2) is 64.0 Å². The largest absolute Gasteiger partial charge is 0.445 e. The molecule has 2 rings (SSSR count). The second kappa shape index (κ2) is 8.84. The van der Waals surface area contributed by atoms with Gasteiger partial charge in [-0.3, -0.25) is 0 Å². The smallest absolute Gasteiger partial charge is 0.407 e. The lowest BCUT2D eigenvalue weighted by Crippen LogP contribution is -2.26. The van der Waals surface area contributed by atoms with Crippen molar-refractivity contribution in [3.8, 4) is 0 Å². The number of carbonyl (C=O) groups is 1. The Labute approximate surface area is 150 Å². The number of ether oxygens (including phenoxy) is 1. The first-order valence-electron chi connectivity index (χ1n) is 7.40. The highest BCUT2D eigenvalue weighted by Crippen LogP contribution is 2.17. The summed E-state index contributed by atoms with van der Waals surface area (Å²) in [6.45, 7) is 0.421. The van der Waals surface area contributed by atoms with Gasteiger partial charge in [-0.2, -0.15) is 0 Å². The maximum absolute atomic E-state index is 12.2. The van der Waals surface area contributed by atoms with Crippen molar-refractivity contribution in [1.29, 1.82) is 0 Å². The summed E-state index contributed by atoms with van der Waals surface area (Å²) in [5.74, 6) is -0.0393. The first kappa shape index (κ1) is 18.5.